The Labute approximate surface area is 267 Å². The van der Waals surface area contributed by atoms with Gasteiger partial charge in [-0.15, -0.1) is 11.3 Å². The first-order valence-electron chi connectivity index (χ1n) is 15.3. The van der Waals surface area contributed by atoms with Gasteiger partial charge < -0.3 is 4.42 Å². The summed E-state index contributed by atoms with van der Waals surface area (Å²) in [6.07, 6.45) is 0. The van der Waals surface area contributed by atoms with Crippen molar-refractivity contribution in [1.82, 2.24) is 15.0 Å². The minimum absolute atomic E-state index is 0.618. The zero-order valence-electron chi connectivity index (χ0n) is 24.4. The second-order valence-corrected chi connectivity index (χ2v) is 12.6. The molecular formula is C41H23N3OS. The summed E-state index contributed by atoms with van der Waals surface area (Å²) in [5.41, 5.74) is 4.55. The van der Waals surface area contributed by atoms with E-state index in [1.54, 1.807) is 0 Å². The van der Waals surface area contributed by atoms with Crippen molar-refractivity contribution < 1.29 is 4.42 Å². The lowest BCUT2D eigenvalue weighted by Crippen LogP contribution is -2.01. The van der Waals surface area contributed by atoms with Crippen LogP contribution in [0.25, 0.3) is 97.8 Å². The van der Waals surface area contributed by atoms with Crippen LogP contribution in [0.5, 0.6) is 0 Å². The summed E-state index contributed by atoms with van der Waals surface area (Å²) < 4.78 is 9.02. The molecule has 214 valence electrons. The predicted octanol–water partition coefficient (Wildman–Crippen LogP) is 11.4. The fourth-order valence-electron chi connectivity index (χ4n) is 6.81. The van der Waals surface area contributed by atoms with Gasteiger partial charge in [-0.3, -0.25) is 0 Å². The minimum Gasteiger partial charge on any atom is -0.455 e. The Morgan fingerprint density at radius 3 is 1.80 bits per heavy atom. The maximum atomic E-state index is 6.53. The standard InChI is InChI=1S/C41H23N3OS/c1-2-12-24(13-3-1)39-42-40(31-22-25-14-4-6-16-27(25)37-35(31)29-18-8-10-20-33(29)45-37)44-41(43-39)32-23-26-15-5-7-17-28(26)38-36(32)30-19-9-11-21-34(30)46-38/h1-23H. The van der Waals surface area contributed by atoms with Crippen molar-refractivity contribution in [3.8, 4) is 34.2 Å². The van der Waals surface area contributed by atoms with Crippen LogP contribution in [-0.4, -0.2) is 15.0 Å². The van der Waals surface area contributed by atoms with E-state index in [9.17, 15) is 0 Å². The molecule has 0 saturated heterocycles. The fraction of sp³-hybridized carbons (Fsp3) is 0. The molecule has 46 heavy (non-hydrogen) atoms. The molecule has 0 saturated carbocycles. The second kappa shape index (κ2) is 9.80. The number of hydrogen-bond donors (Lipinski definition) is 0. The lowest BCUT2D eigenvalue weighted by Gasteiger charge is -2.12. The summed E-state index contributed by atoms with van der Waals surface area (Å²) in [7, 11) is 0. The smallest absolute Gasteiger partial charge is 0.164 e. The van der Waals surface area contributed by atoms with Crippen molar-refractivity contribution in [3.05, 3.63) is 140 Å². The first-order chi connectivity index (χ1) is 22.8. The summed E-state index contributed by atoms with van der Waals surface area (Å²) in [6, 6.07) is 48.4. The molecule has 0 aliphatic heterocycles. The van der Waals surface area contributed by atoms with Gasteiger partial charge in [-0.25, -0.2) is 15.0 Å². The third kappa shape index (κ3) is 3.76. The second-order valence-electron chi connectivity index (χ2n) is 11.6. The third-order valence-electron chi connectivity index (χ3n) is 8.89. The van der Waals surface area contributed by atoms with E-state index in [1.807, 2.05) is 41.7 Å². The predicted molar refractivity (Wildman–Crippen MR) is 191 cm³/mol. The van der Waals surface area contributed by atoms with Crippen molar-refractivity contribution in [1.29, 1.82) is 0 Å². The van der Waals surface area contributed by atoms with E-state index >= 15 is 0 Å². The van der Waals surface area contributed by atoms with Gasteiger partial charge in [0.25, 0.3) is 0 Å². The number of nitrogens with zero attached hydrogens (tertiary/aromatic N) is 3. The summed E-state index contributed by atoms with van der Waals surface area (Å²) in [6.45, 7) is 0. The molecule has 0 amide bonds. The first-order valence-corrected chi connectivity index (χ1v) is 16.1. The van der Waals surface area contributed by atoms with Crippen molar-refractivity contribution in [2.75, 3.05) is 0 Å². The zero-order valence-corrected chi connectivity index (χ0v) is 25.3. The Morgan fingerprint density at radius 2 is 1.02 bits per heavy atom. The average Bonchev–Trinajstić information content (AvgIpc) is 3.71. The number of para-hydroxylation sites is 1. The molecule has 3 aromatic heterocycles. The van der Waals surface area contributed by atoms with Crippen LogP contribution in [-0.2, 0) is 0 Å². The fourth-order valence-corrected chi connectivity index (χ4v) is 8.07. The van der Waals surface area contributed by atoms with E-state index in [-0.39, 0.29) is 0 Å². The minimum atomic E-state index is 0.618. The third-order valence-corrected chi connectivity index (χ3v) is 10.1. The van der Waals surface area contributed by atoms with Gasteiger partial charge in [0, 0.05) is 53.0 Å². The van der Waals surface area contributed by atoms with Crippen LogP contribution in [0.15, 0.2) is 144 Å². The molecule has 0 fully saturated rings. The molecule has 10 aromatic rings. The Balaban J connectivity index is 1.35. The number of hydrogen-bond acceptors (Lipinski definition) is 5. The highest BCUT2D eigenvalue weighted by atomic mass is 32.1. The Kier molecular flexibility index (Phi) is 5.41. The number of fused-ring (bicyclic) bond motifs is 10. The van der Waals surface area contributed by atoms with Gasteiger partial charge in [0.2, 0.25) is 0 Å². The molecule has 0 aliphatic rings. The van der Waals surface area contributed by atoms with E-state index in [0.29, 0.717) is 17.5 Å². The highest BCUT2D eigenvalue weighted by Crippen LogP contribution is 2.45. The van der Waals surface area contributed by atoms with Crippen LogP contribution in [0, 0.1) is 0 Å². The molecular weight excluding hydrogens is 583 g/mol. The van der Waals surface area contributed by atoms with Crippen LogP contribution >= 0.6 is 11.3 Å². The van der Waals surface area contributed by atoms with Gasteiger partial charge in [0.1, 0.15) is 11.2 Å². The zero-order chi connectivity index (χ0) is 30.2. The van der Waals surface area contributed by atoms with E-state index < -0.39 is 0 Å². The average molecular weight is 606 g/mol. The van der Waals surface area contributed by atoms with Crippen LogP contribution in [0.4, 0.5) is 0 Å². The molecule has 7 aromatic carbocycles. The van der Waals surface area contributed by atoms with E-state index in [1.165, 1.54) is 25.6 Å². The quantitative estimate of drug-likeness (QED) is 0.201. The summed E-state index contributed by atoms with van der Waals surface area (Å²) in [4.78, 5) is 15.7. The number of benzene rings is 7. The normalized spacial score (nSPS) is 11.9. The van der Waals surface area contributed by atoms with E-state index in [4.69, 9.17) is 19.4 Å². The number of aromatic nitrogens is 3. The lowest BCUT2D eigenvalue weighted by atomic mass is 9.98. The molecule has 0 N–H and O–H groups in total. The molecule has 5 heteroatoms. The molecule has 3 heterocycles. The summed E-state index contributed by atoms with van der Waals surface area (Å²) in [5, 5.41) is 8.97. The molecule has 4 nitrogen and oxygen atoms in total. The van der Waals surface area contributed by atoms with E-state index in [0.717, 1.165) is 54.8 Å². The SMILES string of the molecule is c1ccc(-c2nc(-c3cc4ccccc4c4oc5ccccc5c34)nc(-c3cc4ccccc4c4sc5ccccc5c34)n2)cc1. The molecule has 10 rings (SSSR count). The summed E-state index contributed by atoms with van der Waals surface area (Å²) in [5.74, 6) is 1.90. The highest BCUT2D eigenvalue weighted by molar-refractivity contribution is 7.26. The lowest BCUT2D eigenvalue weighted by molar-refractivity contribution is 0.672. The highest BCUT2D eigenvalue weighted by Gasteiger charge is 2.22. The van der Waals surface area contributed by atoms with Crippen molar-refractivity contribution in [2.24, 2.45) is 0 Å². The number of rotatable bonds is 3. The molecule has 0 spiro atoms. The van der Waals surface area contributed by atoms with Crippen LogP contribution in [0.3, 0.4) is 0 Å². The van der Waals surface area contributed by atoms with E-state index in [2.05, 4.69) is 109 Å². The number of thiophene rings is 1. The molecule has 0 atom stereocenters. The maximum absolute atomic E-state index is 6.53. The van der Waals surface area contributed by atoms with Crippen molar-refractivity contribution >= 4 is 75.0 Å². The van der Waals surface area contributed by atoms with Crippen LogP contribution < -0.4 is 0 Å². The monoisotopic (exact) mass is 605 g/mol. The summed E-state index contributed by atoms with van der Waals surface area (Å²) >= 11 is 1.82. The van der Waals surface area contributed by atoms with Gasteiger partial charge >= 0.3 is 0 Å². The van der Waals surface area contributed by atoms with Crippen LogP contribution in [0.1, 0.15) is 0 Å². The first kappa shape index (κ1) is 25.4. The largest absolute Gasteiger partial charge is 0.455 e. The topological polar surface area (TPSA) is 51.8 Å². The van der Waals surface area contributed by atoms with Crippen molar-refractivity contribution in [3.63, 3.8) is 0 Å². The molecule has 0 radical (unpaired) electrons. The number of furan rings is 1. The van der Waals surface area contributed by atoms with Crippen molar-refractivity contribution in [2.45, 2.75) is 0 Å². The Bertz CT molecular complexity index is 2640. The Hall–Kier alpha value is -5.91. The molecule has 0 aliphatic carbocycles. The van der Waals surface area contributed by atoms with Gasteiger partial charge in [-0.1, -0.05) is 115 Å². The van der Waals surface area contributed by atoms with Gasteiger partial charge in [-0.2, -0.15) is 0 Å². The molecule has 0 bridgehead atoms. The van der Waals surface area contributed by atoms with Crippen LogP contribution in [0.2, 0.25) is 0 Å². The molecule has 0 unspecified atom stereocenters. The Morgan fingerprint density at radius 1 is 0.457 bits per heavy atom. The maximum Gasteiger partial charge on any atom is 0.164 e. The van der Waals surface area contributed by atoms with Gasteiger partial charge in [-0.05, 0) is 40.4 Å². The van der Waals surface area contributed by atoms with Gasteiger partial charge in [0.15, 0.2) is 17.5 Å². The van der Waals surface area contributed by atoms with Gasteiger partial charge in [0.05, 0.1) is 0 Å².